The fraction of sp³-hybridized carbons (Fsp3) is 0.440. The van der Waals surface area contributed by atoms with Crippen molar-refractivity contribution in [2.24, 2.45) is 0 Å². The van der Waals surface area contributed by atoms with Crippen molar-refractivity contribution in [1.29, 1.82) is 0 Å². The highest BCUT2D eigenvalue weighted by molar-refractivity contribution is 8.00. The summed E-state index contributed by atoms with van der Waals surface area (Å²) in [5.74, 6) is 1.95. The van der Waals surface area contributed by atoms with Crippen molar-refractivity contribution in [2.45, 2.75) is 36.9 Å². The van der Waals surface area contributed by atoms with Crippen molar-refractivity contribution in [2.75, 3.05) is 44.9 Å². The molecule has 2 aromatic heterocycles. The van der Waals surface area contributed by atoms with Crippen LogP contribution in [0.2, 0.25) is 0 Å². The molecule has 0 aliphatic carbocycles. The van der Waals surface area contributed by atoms with Crippen LogP contribution in [0.3, 0.4) is 0 Å². The summed E-state index contributed by atoms with van der Waals surface area (Å²) in [5.41, 5.74) is 2.48. The maximum absolute atomic E-state index is 12.5. The van der Waals surface area contributed by atoms with Gasteiger partial charge in [0.05, 0.1) is 40.7 Å². The summed E-state index contributed by atoms with van der Waals surface area (Å²) in [6.07, 6.45) is 4.39. The molecule has 2 N–H and O–H groups in total. The summed E-state index contributed by atoms with van der Waals surface area (Å²) in [6.45, 7) is 4.10. The van der Waals surface area contributed by atoms with Gasteiger partial charge in [0.25, 0.3) is 5.56 Å². The van der Waals surface area contributed by atoms with Crippen LogP contribution in [-0.2, 0) is 17.9 Å². The number of thioether (sulfide) groups is 1. The minimum Gasteiger partial charge on any atom is -0.497 e. The Morgan fingerprint density at radius 1 is 1.20 bits per heavy atom. The third-order valence-corrected chi connectivity index (χ3v) is 7.26. The third-order valence-electron chi connectivity index (χ3n) is 6.31. The fourth-order valence-corrected chi connectivity index (χ4v) is 5.05. The van der Waals surface area contributed by atoms with Crippen molar-refractivity contribution < 1.29 is 9.53 Å². The lowest BCUT2D eigenvalue weighted by atomic mass is 10.0. The van der Waals surface area contributed by atoms with Crippen LogP contribution in [0.1, 0.15) is 18.5 Å². The Bertz CT molecular complexity index is 1210. The van der Waals surface area contributed by atoms with Gasteiger partial charge in [-0.1, -0.05) is 0 Å². The van der Waals surface area contributed by atoms with Gasteiger partial charge in [-0.15, -0.1) is 11.8 Å². The Kier molecular flexibility index (Phi) is 8.73. The van der Waals surface area contributed by atoms with Crippen molar-refractivity contribution in [3.05, 3.63) is 52.6 Å². The Hall–Kier alpha value is -2.95. The number of piperidine rings is 1. The number of fused-ring (bicyclic) bond motifs is 1. The van der Waals surface area contributed by atoms with Gasteiger partial charge in [-0.2, -0.15) is 0 Å². The number of aldehydes is 1. The van der Waals surface area contributed by atoms with E-state index >= 15 is 0 Å². The van der Waals surface area contributed by atoms with Crippen LogP contribution in [-0.4, -0.2) is 71.3 Å². The monoisotopic (exact) mass is 496 g/mol. The zero-order valence-electron chi connectivity index (χ0n) is 20.2. The number of hydrogen-bond acceptors (Lipinski definition) is 9. The summed E-state index contributed by atoms with van der Waals surface area (Å²) in [6, 6.07) is 10.1. The number of carbonyl (C=O) groups is 1. The Morgan fingerprint density at radius 3 is 2.77 bits per heavy atom. The van der Waals surface area contributed by atoms with Crippen LogP contribution < -0.4 is 20.9 Å². The first-order chi connectivity index (χ1) is 17.1. The molecule has 1 aliphatic rings. The van der Waals surface area contributed by atoms with E-state index in [1.54, 1.807) is 11.7 Å². The van der Waals surface area contributed by atoms with Crippen LogP contribution in [0.5, 0.6) is 5.75 Å². The Morgan fingerprint density at radius 2 is 2.03 bits per heavy atom. The molecule has 4 rings (SSSR count). The van der Waals surface area contributed by atoms with E-state index in [9.17, 15) is 9.59 Å². The number of carbonyl (C=O) groups excluding carboxylic acids is 1. The van der Waals surface area contributed by atoms with Crippen LogP contribution in [0.15, 0.2) is 46.2 Å². The molecule has 186 valence electrons. The maximum atomic E-state index is 12.5. The molecular formula is C25H32N6O3S. The first-order valence-electron chi connectivity index (χ1n) is 11.8. The number of ether oxygens (including phenoxy) is 1. The van der Waals surface area contributed by atoms with E-state index in [1.165, 1.54) is 18.0 Å². The summed E-state index contributed by atoms with van der Waals surface area (Å²) in [7, 11) is 3.47. The molecular weight excluding hydrogens is 464 g/mol. The van der Waals surface area contributed by atoms with E-state index in [0.717, 1.165) is 72.0 Å². The lowest BCUT2D eigenvalue weighted by molar-refractivity contribution is -0.105. The molecule has 1 saturated heterocycles. The van der Waals surface area contributed by atoms with Gasteiger partial charge in [0, 0.05) is 38.8 Å². The number of aromatic nitrogens is 3. The van der Waals surface area contributed by atoms with Crippen molar-refractivity contribution in [3.8, 4) is 5.75 Å². The zero-order chi connectivity index (χ0) is 24.6. The van der Waals surface area contributed by atoms with E-state index in [0.29, 0.717) is 24.9 Å². The molecule has 0 amide bonds. The minimum atomic E-state index is -0.0914. The molecule has 0 spiro atoms. The van der Waals surface area contributed by atoms with Gasteiger partial charge in [-0.25, -0.2) is 9.97 Å². The minimum absolute atomic E-state index is 0.0914. The van der Waals surface area contributed by atoms with Crippen molar-refractivity contribution >= 4 is 34.9 Å². The Labute approximate surface area is 209 Å². The van der Waals surface area contributed by atoms with E-state index in [-0.39, 0.29) is 5.56 Å². The average molecular weight is 497 g/mol. The SMILES string of the molecule is CNc1nc(CNC2CCN(CCn3c(=O)cnc4ccc(OC)cc43)CC2)ccc1SCC=O. The Balaban J connectivity index is 1.28. The number of pyridine rings is 1. The van der Waals surface area contributed by atoms with Crippen molar-refractivity contribution in [3.63, 3.8) is 0 Å². The molecule has 0 unspecified atom stereocenters. The molecule has 3 aromatic rings. The highest BCUT2D eigenvalue weighted by atomic mass is 32.2. The summed E-state index contributed by atoms with van der Waals surface area (Å²) in [4.78, 5) is 35.5. The molecule has 1 aromatic carbocycles. The van der Waals surface area contributed by atoms with Crippen LogP contribution in [0.4, 0.5) is 5.82 Å². The second-order valence-corrected chi connectivity index (χ2v) is 9.54. The zero-order valence-corrected chi connectivity index (χ0v) is 21.0. The molecule has 0 saturated carbocycles. The summed E-state index contributed by atoms with van der Waals surface area (Å²) < 4.78 is 7.12. The van der Waals surface area contributed by atoms with Gasteiger partial charge in [-0.3, -0.25) is 4.79 Å². The third kappa shape index (κ3) is 6.39. The normalized spacial score (nSPS) is 14.8. The number of anilines is 1. The number of methoxy groups -OCH3 is 1. The molecule has 1 fully saturated rings. The van der Waals surface area contributed by atoms with Crippen LogP contribution in [0.25, 0.3) is 11.0 Å². The molecule has 10 heteroatoms. The van der Waals surface area contributed by atoms with E-state index in [4.69, 9.17) is 4.74 Å². The summed E-state index contributed by atoms with van der Waals surface area (Å²) in [5, 5.41) is 6.75. The molecule has 3 heterocycles. The predicted octanol–water partition coefficient (Wildman–Crippen LogP) is 2.39. The van der Waals surface area contributed by atoms with Gasteiger partial charge >= 0.3 is 0 Å². The standard InChI is InChI=1S/C25H32N6O3S/c1-26-25-23(35-14-13-32)6-3-19(29-25)16-27-18-7-9-30(10-8-18)11-12-31-22-15-20(34-2)4-5-21(22)28-17-24(31)33/h3-6,13,15,17-18,27H,7-12,14,16H2,1-2H3,(H,26,29). The van der Waals surface area contributed by atoms with E-state index in [1.807, 2.05) is 37.4 Å². The topological polar surface area (TPSA) is 101 Å². The van der Waals surface area contributed by atoms with E-state index in [2.05, 4.69) is 25.5 Å². The molecule has 0 atom stereocenters. The van der Waals surface area contributed by atoms with Crippen molar-refractivity contribution in [1.82, 2.24) is 24.8 Å². The number of nitrogens with one attached hydrogen (secondary N) is 2. The largest absolute Gasteiger partial charge is 0.497 e. The van der Waals surface area contributed by atoms with E-state index < -0.39 is 0 Å². The second-order valence-electron chi connectivity index (χ2n) is 8.48. The van der Waals surface area contributed by atoms with Crippen LogP contribution in [0, 0.1) is 0 Å². The van der Waals surface area contributed by atoms with Crippen LogP contribution >= 0.6 is 11.8 Å². The van der Waals surface area contributed by atoms with Gasteiger partial charge in [0.15, 0.2) is 0 Å². The average Bonchev–Trinajstić information content (AvgIpc) is 2.90. The molecule has 35 heavy (non-hydrogen) atoms. The lowest BCUT2D eigenvalue weighted by Gasteiger charge is -2.32. The first-order valence-corrected chi connectivity index (χ1v) is 12.8. The fourth-order valence-electron chi connectivity index (χ4n) is 4.36. The number of benzene rings is 1. The first kappa shape index (κ1) is 25.2. The highest BCUT2D eigenvalue weighted by Crippen LogP contribution is 2.25. The number of nitrogens with zero attached hydrogens (tertiary/aromatic N) is 4. The van der Waals surface area contributed by atoms with Gasteiger partial charge in [0.2, 0.25) is 0 Å². The van der Waals surface area contributed by atoms with Gasteiger partial charge in [0.1, 0.15) is 17.9 Å². The molecule has 9 nitrogen and oxygen atoms in total. The van der Waals surface area contributed by atoms with Gasteiger partial charge in [-0.05, 0) is 50.2 Å². The molecule has 0 radical (unpaired) electrons. The number of likely N-dealkylation sites (tertiary alicyclic amines) is 1. The lowest BCUT2D eigenvalue weighted by Crippen LogP contribution is -2.43. The predicted molar refractivity (Wildman–Crippen MR) is 139 cm³/mol. The smallest absolute Gasteiger partial charge is 0.269 e. The van der Waals surface area contributed by atoms with Gasteiger partial charge < -0.3 is 29.6 Å². The second kappa shape index (κ2) is 12.1. The molecule has 0 bridgehead atoms. The number of rotatable bonds is 11. The highest BCUT2D eigenvalue weighted by Gasteiger charge is 2.19. The summed E-state index contributed by atoms with van der Waals surface area (Å²) >= 11 is 1.48. The number of hydrogen-bond donors (Lipinski definition) is 2. The quantitative estimate of drug-likeness (QED) is 0.306. The molecule has 1 aliphatic heterocycles. The maximum Gasteiger partial charge on any atom is 0.269 e.